The number of piperidine rings is 1. The Bertz CT molecular complexity index is 203. The van der Waals surface area contributed by atoms with Gasteiger partial charge in [0, 0.05) is 18.0 Å². The maximum absolute atomic E-state index is 6.33. The summed E-state index contributed by atoms with van der Waals surface area (Å²) >= 11 is 6.33. The van der Waals surface area contributed by atoms with Gasteiger partial charge in [-0.15, -0.1) is 11.6 Å². The molecule has 2 rings (SSSR count). The highest BCUT2D eigenvalue weighted by Gasteiger charge is 2.30. The predicted octanol–water partition coefficient (Wildman–Crippen LogP) is 3.51. The average molecular weight is 230 g/mol. The Hall–Kier alpha value is 0.250. The van der Waals surface area contributed by atoms with Crippen molar-refractivity contribution >= 4 is 11.6 Å². The molecule has 3 unspecified atom stereocenters. The van der Waals surface area contributed by atoms with Gasteiger partial charge in [0.1, 0.15) is 0 Å². The van der Waals surface area contributed by atoms with Gasteiger partial charge < -0.3 is 0 Å². The fourth-order valence-electron chi connectivity index (χ4n) is 2.95. The van der Waals surface area contributed by atoms with Crippen LogP contribution in [0.1, 0.15) is 46.0 Å². The first-order valence-corrected chi connectivity index (χ1v) is 7.00. The highest BCUT2D eigenvalue weighted by molar-refractivity contribution is 6.21. The van der Waals surface area contributed by atoms with Crippen LogP contribution in [0.25, 0.3) is 0 Å². The molecule has 1 nitrogen and oxygen atoms in total. The Labute approximate surface area is 99.2 Å². The van der Waals surface area contributed by atoms with Crippen LogP contribution in [0.5, 0.6) is 0 Å². The number of rotatable bonds is 3. The van der Waals surface area contributed by atoms with Crippen LogP contribution in [0, 0.1) is 11.8 Å². The lowest BCUT2D eigenvalue weighted by molar-refractivity contribution is 0.102. The van der Waals surface area contributed by atoms with Crippen molar-refractivity contribution in [3.05, 3.63) is 0 Å². The number of hydrogen-bond donors (Lipinski definition) is 0. The van der Waals surface area contributed by atoms with Crippen molar-refractivity contribution in [1.29, 1.82) is 0 Å². The van der Waals surface area contributed by atoms with Crippen molar-refractivity contribution in [2.24, 2.45) is 11.8 Å². The van der Waals surface area contributed by atoms with Gasteiger partial charge in [-0.3, -0.25) is 4.90 Å². The normalized spacial score (nSPS) is 36.2. The molecule has 88 valence electrons. The molecule has 0 aromatic heterocycles. The number of likely N-dealkylation sites (tertiary alicyclic amines) is 1. The Morgan fingerprint density at radius 2 is 2.00 bits per heavy atom. The fraction of sp³-hybridized carbons (Fsp3) is 1.00. The van der Waals surface area contributed by atoms with Crippen molar-refractivity contribution in [1.82, 2.24) is 4.90 Å². The van der Waals surface area contributed by atoms with Crippen LogP contribution in [0.2, 0.25) is 0 Å². The van der Waals surface area contributed by atoms with Gasteiger partial charge in [0.25, 0.3) is 0 Å². The van der Waals surface area contributed by atoms with Crippen LogP contribution >= 0.6 is 11.6 Å². The molecule has 0 bridgehead atoms. The lowest BCUT2D eigenvalue weighted by Gasteiger charge is -2.41. The highest BCUT2D eigenvalue weighted by Crippen LogP contribution is 2.34. The SMILES string of the molecule is CC(CN1CCCC(Cl)C1C)C1CCC1. The first-order chi connectivity index (χ1) is 7.18. The molecular formula is C13H24ClN. The smallest absolute Gasteiger partial charge is 0.0489 e. The van der Waals surface area contributed by atoms with Gasteiger partial charge in [-0.1, -0.05) is 26.2 Å². The molecule has 2 aliphatic rings. The summed E-state index contributed by atoms with van der Waals surface area (Å²) in [6.45, 7) is 7.26. The van der Waals surface area contributed by atoms with Gasteiger partial charge in [0.15, 0.2) is 0 Å². The molecule has 1 saturated heterocycles. The Kier molecular flexibility index (Phi) is 3.95. The molecule has 0 N–H and O–H groups in total. The van der Waals surface area contributed by atoms with Crippen molar-refractivity contribution in [2.75, 3.05) is 13.1 Å². The molecule has 1 aliphatic heterocycles. The molecule has 0 amide bonds. The van der Waals surface area contributed by atoms with Gasteiger partial charge in [0.05, 0.1) is 0 Å². The molecule has 0 spiro atoms. The van der Waals surface area contributed by atoms with E-state index in [0.29, 0.717) is 11.4 Å². The van der Waals surface area contributed by atoms with E-state index in [0.717, 1.165) is 11.8 Å². The van der Waals surface area contributed by atoms with E-state index in [1.807, 2.05) is 0 Å². The quantitative estimate of drug-likeness (QED) is 0.670. The third-order valence-electron chi connectivity index (χ3n) is 4.50. The maximum Gasteiger partial charge on any atom is 0.0489 e. The Morgan fingerprint density at radius 3 is 2.60 bits per heavy atom. The molecule has 2 heteroatoms. The van der Waals surface area contributed by atoms with Crippen LogP contribution in [-0.2, 0) is 0 Å². The third kappa shape index (κ3) is 2.68. The van der Waals surface area contributed by atoms with E-state index >= 15 is 0 Å². The van der Waals surface area contributed by atoms with E-state index in [9.17, 15) is 0 Å². The highest BCUT2D eigenvalue weighted by atomic mass is 35.5. The molecule has 1 aliphatic carbocycles. The monoisotopic (exact) mass is 229 g/mol. The van der Waals surface area contributed by atoms with Crippen LogP contribution in [0.3, 0.4) is 0 Å². The number of hydrogen-bond acceptors (Lipinski definition) is 1. The van der Waals surface area contributed by atoms with Gasteiger partial charge in [-0.05, 0) is 38.1 Å². The van der Waals surface area contributed by atoms with E-state index in [1.165, 1.54) is 45.2 Å². The van der Waals surface area contributed by atoms with Gasteiger partial charge in [-0.2, -0.15) is 0 Å². The van der Waals surface area contributed by atoms with Gasteiger partial charge >= 0.3 is 0 Å². The lowest BCUT2D eigenvalue weighted by Crippen LogP contribution is -2.47. The van der Waals surface area contributed by atoms with E-state index in [-0.39, 0.29) is 0 Å². The van der Waals surface area contributed by atoms with Crippen LogP contribution in [-0.4, -0.2) is 29.4 Å². The second-order valence-corrected chi connectivity index (χ2v) is 6.12. The van der Waals surface area contributed by atoms with Crippen LogP contribution in [0.15, 0.2) is 0 Å². The maximum atomic E-state index is 6.33. The van der Waals surface area contributed by atoms with Gasteiger partial charge in [0.2, 0.25) is 0 Å². The third-order valence-corrected chi connectivity index (χ3v) is 5.08. The first kappa shape index (κ1) is 11.7. The second-order valence-electron chi connectivity index (χ2n) is 5.56. The number of halogens is 1. The molecule has 0 aromatic rings. The number of nitrogens with zero attached hydrogens (tertiary/aromatic N) is 1. The fourth-order valence-corrected chi connectivity index (χ4v) is 3.26. The molecule has 1 heterocycles. The lowest BCUT2D eigenvalue weighted by atomic mass is 9.76. The van der Waals surface area contributed by atoms with Crippen molar-refractivity contribution < 1.29 is 0 Å². The Balaban J connectivity index is 1.81. The van der Waals surface area contributed by atoms with E-state index in [1.54, 1.807) is 0 Å². The van der Waals surface area contributed by atoms with Crippen LogP contribution in [0.4, 0.5) is 0 Å². The van der Waals surface area contributed by atoms with E-state index in [2.05, 4.69) is 18.7 Å². The molecule has 15 heavy (non-hydrogen) atoms. The van der Waals surface area contributed by atoms with E-state index in [4.69, 9.17) is 11.6 Å². The summed E-state index contributed by atoms with van der Waals surface area (Å²) in [5.41, 5.74) is 0. The summed E-state index contributed by atoms with van der Waals surface area (Å²) in [6.07, 6.45) is 6.89. The number of alkyl halides is 1. The zero-order valence-electron chi connectivity index (χ0n) is 10.1. The molecular weight excluding hydrogens is 206 g/mol. The molecule has 3 atom stereocenters. The molecule has 2 fully saturated rings. The summed E-state index contributed by atoms with van der Waals surface area (Å²) in [5.74, 6) is 1.89. The summed E-state index contributed by atoms with van der Waals surface area (Å²) < 4.78 is 0. The summed E-state index contributed by atoms with van der Waals surface area (Å²) in [6, 6.07) is 0.586. The largest absolute Gasteiger partial charge is 0.299 e. The van der Waals surface area contributed by atoms with Crippen molar-refractivity contribution in [2.45, 2.75) is 57.4 Å². The predicted molar refractivity (Wildman–Crippen MR) is 66.4 cm³/mol. The van der Waals surface area contributed by atoms with Crippen molar-refractivity contribution in [3.63, 3.8) is 0 Å². The summed E-state index contributed by atoms with van der Waals surface area (Å²) in [7, 11) is 0. The molecule has 0 aromatic carbocycles. The standard InChI is InChI=1S/C13H24ClN/c1-10(12-5-3-6-12)9-15-8-4-7-13(14)11(15)2/h10-13H,3-9H2,1-2H3. The summed E-state index contributed by atoms with van der Waals surface area (Å²) in [4.78, 5) is 2.62. The topological polar surface area (TPSA) is 3.24 Å². The average Bonchev–Trinajstić information content (AvgIpc) is 2.10. The van der Waals surface area contributed by atoms with Gasteiger partial charge in [-0.25, -0.2) is 0 Å². The molecule has 0 radical (unpaired) electrons. The molecule has 1 saturated carbocycles. The minimum absolute atomic E-state index is 0.382. The Morgan fingerprint density at radius 1 is 1.27 bits per heavy atom. The second kappa shape index (κ2) is 5.05. The zero-order valence-corrected chi connectivity index (χ0v) is 10.8. The zero-order chi connectivity index (χ0) is 10.8. The van der Waals surface area contributed by atoms with E-state index < -0.39 is 0 Å². The minimum Gasteiger partial charge on any atom is -0.299 e. The summed E-state index contributed by atoms with van der Waals surface area (Å²) in [5, 5.41) is 0.382. The first-order valence-electron chi connectivity index (χ1n) is 6.56. The van der Waals surface area contributed by atoms with Crippen molar-refractivity contribution in [3.8, 4) is 0 Å². The minimum atomic E-state index is 0.382. The van der Waals surface area contributed by atoms with Crippen LogP contribution < -0.4 is 0 Å².